The predicted octanol–water partition coefficient (Wildman–Crippen LogP) is 0.940. The van der Waals surface area contributed by atoms with Gasteiger partial charge >= 0.3 is 0 Å². The molecule has 37 heavy (non-hydrogen) atoms. The summed E-state index contributed by atoms with van der Waals surface area (Å²) < 4.78 is 23.1. The number of fused-ring (bicyclic) bond motifs is 3. The normalized spacial score (nSPS) is 33.9. The number of aromatic nitrogens is 4. The highest BCUT2D eigenvalue weighted by atomic mass is 19.1. The third kappa shape index (κ3) is 4.29. The van der Waals surface area contributed by atoms with Gasteiger partial charge in [-0.15, -0.1) is 5.10 Å². The molecule has 7 atom stereocenters. The Hall–Kier alpha value is -2.02. The Labute approximate surface area is 217 Å². The average Bonchev–Trinajstić information content (AvgIpc) is 3.54. The van der Waals surface area contributed by atoms with Crippen molar-refractivity contribution >= 4 is 0 Å². The minimum Gasteiger partial charge on any atom is -0.389 e. The molecule has 6 unspecified atom stereocenters. The fraction of sp³-hybridized carbons (Fsp3) is 0.731. The van der Waals surface area contributed by atoms with E-state index >= 15 is 4.39 Å². The number of hydrogen-bond acceptors (Lipinski definition) is 9. The van der Waals surface area contributed by atoms with Crippen molar-refractivity contribution in [3.63, 3.8) is 0 Å². The minimum absolute atomic E-state index is 0.0544. The molecule has 0 aliphatic carbocycles. The van der Waals surface area contributed by atoms with Gasteiger partial charge in [0, 0.05) is 57.0 Å². The lowest BCUT2D eigenvalue weighted by Crippen LogP contribution is -2.60. The van der Waals surface area contributed by atoms with Crippen LogP contribution >= 0.6 is 0 Å². The highest BCUT2D eigenvalue weighted by Gasteiger charge is 2.61. The summed E-state index contributed by atoms with van der Waals surface area (Å²) in [5.74, 6) is 0.144. The van der Waals surface area contributed by atoms with Crippen LogP contribution in [0.1, 0.15) is 62.2 Å². The fourth-order valence-corrected chi connectivity index (χ4v) is 7.53. The first-order chi connectivity index (χ1) is 17.8. The van der Waals surface area contributed by atoms with Crippen molar-refractivity contribution in [3.8, 4) is 0 Å². The quantitative estimate of drug-likeness (QED) is 0.463. The van der Waals surface area contributed by atoms with E-state index in [1.165, 1.54) is 6.07 Å². The van der Waals surface area contributed by atoms with Gasteiger partial charge in [-0.1, -0.05) is 5.21 Å². The lowest BCUT2D eigenvalue weighted by Gasteiger charge is -2.47. The summed E-state index contributed by atoms with van der Waals surface area (Å²) in [4.78, 5) is 7.13. The van der Waals surface area contributed by atoms with Crippen molar-refractivity contribution in [2.45, 2.75) is 87.8 Å². The number of piperidine rings is 1. The van der Waals surface area contributed by atoms with Crippen LogP contribution in [0.25, 0.3) is 0 Å². The maximum atomic E-state index is 15.5. The molecule has 0 amide bonds. The van der Waals surface area contributed by atoms with Crippen LogP contribution in [-0.2, 0) is 11.8 Å². The Kier molecular flexibility index (Phi) is 6.57. The molecule has 0 aromatic carbocycles. The lowest BCUT2D eigenvalue weighted by atomic mass is 9.83. The first-order valence-corrected chi connectivity index (χ1v) is 13.5. The second kappa shape index (κ2) is 9.62. The van der Waals surface area contributed by atoms with Gasteiger partial charge < -0.3 is 15.2 Å². The molecule has 6 rings (SSSR count). The van der Waals surface area contributed by atoms with Crippen LogP contribution in [0.15, 0.2) is 18.3 Å². The summed E-state index contributed by atoms with van der Waals surface area (Å²) in [5.41, 5.74) is 8.51. The van der Waals surface area contributed by atoms with Gasteiger partial charge in [0.05, 0.1) is 40.8 Å². The van der Waals surface area contributed by atoms with E-state index in [4.69, 9.17) is 4.74 Å². The maximum Gasteiger partial charge on any atom is 0.146 e. The number of nitrogens with one attached hydrogen (secondary N) is 3. The van der Waals surface area contributed by atoms with Gasteiger partial charge in [0.25, 0.3) is 0 Å². The first-order valence-electron chi connectivity index (χ1n) is 13.5. The molecule has 4 saturated heterocycles. The molecule has 0 bridgehead atoms. The Morgan fingerprint density at radius 1 is 1.22 bits per heavy atom. The van der Waals surface area contributed by atoms with Crippen LogP contribution in [-0.4, -0.2) is 85.6 Å². The fourth-order valence-electron chi connectivity index (χ4n) is 7.53. The molecular formula is C26H39FN8O2. The van der Waals surface area contributed by atoms with Crippen molar-refractivity contribution in [2.24, 2.45) is 13.0 Å². The molecule has 0 radical (unpaired) electrons. The molecule has 4 aliphatic heterocycles. The zero-order chi connectivity index (χ0) is 25.9. The van der Waals surface area contributed by atoms with Crippen LogP contribution in [0.5, 0.6) is 0 Å². The molecule has 11 heteroatoms. The minimum atomic E-state index is -0.983. The van der Waals surface area contributed by atoms with Crippen molar-refractivity contribution in [1.29, 1.82) is 0 Å². The molecular weight excluding hydrogens is 475 g/mol. The largest absolute Gasteiger partial charge is 0.389 e. The predicted molar refractivity (Wildman–Crippen MR) is 135 cm³/mol. The Balaban J connectivity index is 1.46. The van der Waals surface area contributed by atoms with E-state index in [2.05, 4.69) is 36.4 Å². The molecule has 2 aromatic rings. The Morgan fingerprint density at radius 2 is 2.00 bits per heavy atom. The number of aliphatic hydroxyl groups is 1. The summed E-state index contributed by atoms with van der Waals surface area (Å²) in [6.07, 6.45) is 4.28. The Bertz CT molecular complexity index is 1100. The molecule has 10 nitrogen and oxygen atoms in total. The van der Waals surface area contributed by atoms with E-state index in [1.807, 2.05) is 32.5 Å². The molecule has 2 aromatic heterocycles. The van der Waals surface area contributed by atoms with E-state index < -0.39 is 5.60 Å². The highest BCUT2D eigenvalue weighted by molar-refractivity contribution is 5.26. The second-order valence-corrected chi connectivity index (χ2v) is 11.8. The number of ether oxygens (including phenoxy) is 1. The van der Waals surface area contributed by atoms with Gasteiger partial charge in [-0.2, -0.15) is 0 Å². The van der Waals surface area contributed by atoms with Crippen LogP contribution < -0.4 is 16.2 Å². The number of aryl methyl sites for hydroxylation is 2. The standard InChI is InChI=1S/C26H39FN8O2/c1-14-22(34(4)33-30-14)16-12-18-20(29-13-16)21-24(25(32-31-21)26(2,3)36)35(18)23(15-7-10-37-11-8-15)19-17(27)6-5-9-28-19/h5-6,9,15-16,18,20-21,23-25,29,31-32,36H,7-8,10-13H2,1-4H3/t16?,18?,20?,21?,23-,24?,25?/m0/s1. The van der Waals surface area contributed by atoms with Crippen molar-refractivity contribution in [2.75, 3.05) is 19.8 Å². The van der Waals surface area contributed by atoms with Crippen molar-refractivity contribution in [3.05, 3.63) is 41.2 Å². The molecule has 0 saturated carbocycles. The van der Waals surface area contributed by atoms with Gasteiger partial charge in [-0.05, 0) is 58.1 Å². The van der Waals surface area contributed by atoms with Crippen molar-refractivity contribution < 1.29 is 14.2 Å². The summed E-state index contributed by atoms with van der Waals surface area (Å²) in [7, 11) is 1.95. The van der Waals surface area contributed by atoms with Gasteiger partial charge in [0.2, 0.25) is 0 Å². The molecule has 4 N–H and O–H groups in total. The number of pyridine rings is 1. The third-order valence-electron chi connectivity index (χ3n) is 9.07. The summed E-state index contributed by atoms with van der Waals surface area (Å²) in [5, 5.41) is 23.6. The molecule has 0 spiro atoms. The summed E-state index contributed by atoms with van der Waals surface area (Å²) in [6, 6.07) is 2.95. The SMILES string of the molecule is Cc1nnn(C)c1C1CNC2C3NNC(C(C)(C)O)C3N([C@H](c3ncccc3F)C3CCOCC3)C2C1. The topological polar surface area (TPSA) is 112 Å². The highest BCUT2D eigenvalue weighted by Crippen LogP contribution is 2.48. The van der Waals surface area contributed by atoms with Crippen LogP contribution in [0.2, 0.25) is 0 Å². The number of hydrogen-bond donors (Lipinski definition) is 4. The number of rotatable bonds is 5. The van der Waals surface area contributed by atoms with Gasteiger partial charge in [0.15, 0.2) is 0 Å². The average molecular weight is 515 g/mol. The number of nitrogens with zero attached hydrogens (tertiary/aromatic N) is 5. The van der Waals surface area contributed by atoms with E-state index in [9.17, 15) is 5.11 Å². The van der Waals surface area contributed by atoms with E-state index in [0.29, 0.717) is 18.9 Å². The van der Waals surface area contributed by atoms with E-state index in [1.54, 1.807) is 12.3 Å². The molecule has 202 valence electrons. The number of likely N-dealkylation sites (tertiary alicyclic amines) is 1. The maximum absolute atomic E-state index is 15.5. The van der Waals surface area contributed by atoms with E-state index in [0.717, 1.165) is 37.2 Å². The number of hydrazine groups is 1. The van der Waals surface area contributed by atoms with Crippen LogP contribution in [0, 0.1) is 18.7 Å². The lowest BCUT2D eigenvalue weighted by molar-refractivity contribution is -0.0329. The van der Waals surface area contributed by atoms with Crippen LogP contribution in [0.4, 0.5) is 4.39 Å². The van der Waals surface area contributed by atoms with E-state index in [-0.39, 0.29) is 53.9 Å². The van der Waals surface area contributed by atoms with Crippen LogP contribution in [0.3, 0.4) is 0 Å². The molecule has 4 aliphatic rings. The summed E-state index contributed by atoms with van der Waals surface area (Å²) in [6.45, 7) is 7.85. The first kappa shape index (κ1) is 25.3. The van der Waals surface area contributed by atoms with Gasteiger partial charge in [-0.3, -0.25) is 20.0 Å². The Morgan fingerprint density at radius 3 is 2.68 bits per heavy atom. The third-order valence-corrected chi connectivity index (χ3v) is 9.07. The smallest absolute Gasteiger partial charge is 0.146 e. The zero-order valence-corrected chi connectivity index (χ0v) is 22.1. The van der Waals surface area contributed by atoms with Gasteiger partial charge in [-0.25, -0.2) is 9.82 Å². The number of halogens is 1. The monoisotopic (exact) mass is 514 g/mol. The molecule has 6 heterocycles. The zero-order valence-electron chi connectivity index (χ0n) is 22.1. The second-order valence-electron chi connectivity index (χ2n) is 11.8. The molecule has 4 fully saturated rings. The van der Waals surface area contributed by atoms with Crippen molar-refractivity contribution in [1.82, 2.24) is 41.0 Å². The van der Waals surface area contributed by atoms with Gasteiger partial charge in [0.1, 0.15) is 5.82 Å². The summed E-state index contributed by atoms with van der Waals surface area (Å²) >= 11 is 0.